The van der Waals surface area contributed by atoms with Gasteiger partial charge in [-0.05, 0) is 66.4 Å². The third kappa shape index (κ3) is 5.91. The Morgan fingerprint density at radius 3 is 2.25 bits per heavy atom. The zero-order valence-corrected chi connectivity index (χ0v) is 20.3. The van der Waals surface area contributed by atoms with E-state index in [1.54, 1.807) is 24.3 Å². The Labute approximate surface area is 214 Å². The van der Waals surface area contributed by atoms with E-state index in [2.05, 4.69) is 10.3 Å². The molecule has 1 amide bonds. The molecule has 0 saturated heterocycles. The van der Waals surface area contributed by atoms with Crippen molar-refractivity contribution in [3.8, 4) is 22.3 Å². The van der Waals surface area contributed by atoms with Gasteiger partial charge in [0.1, 0.15) is 11.5 Å². The predicted molar refractivity (Wildman–Crippen MR) is 142 cm³/mol. The highest BCUT2D eigenvalue weighted by atomic mass is 35.5. The normalized spacial score (nSPS) is 11.6. The minimum absolute atomic E-state index is 0. The van der Waals surface area contributed by atoms with Crippen LogP contribution in [0.2, 0.25) is 0 Å². The first-order valence-electron chi connectivity index (χ1n) is 11.4. The summed E-state index contributed by atoms with van der Waals surface area (Å²) < 4.78 is 13.4. The highest BCUT2D eigenvalue weighted by molar-refractivity contribution is 6.10. The minimum atomic E-state index is -1.02. The maximum atomic E-state index is 13.4. The number of halogens is 2. The van der Waals surface area contributed by atoms with E-state index in [1.165, 1.54) is 24.3 Å². The van der Waals surface area contributed by atoms with Crippen LogP contribution in [0, 0.1) is 5.82 Å². The van der Waals surface area contributed by atoms with Crippen LogP contribution in [-0.2, 0) is 0 Å². The third-order valence-electron chi connectivity index (χ3n) is 5.93. The molecular weight excluding hydrogens is 483 g/mol. The van der Waals surface area contributed by atoms with Crippen LogP contribution in [0.4, 0.5) is 4.39 Å². The molecule has 0 bridgehead atoms. The van der Waals surface area contributed by atoms with E-state index in [1.807, 2.05) is 18.2 Å². The number of hydrogen-bond acceptors (Lipinski definition) is 4. The summed E-state index contributed by atoms with van der Waals surface area (Å²) in [7, 11) is 0. The molecule has 0 unspecified atom stereocenters. The van der Waals surface area contributed by atoms with Crippen molar-refractivity contribution in [2.24, 2.45) is 11.5 Å². The van der Waals surface area contributed by atoms with Gasteiger partial charge in [0.25, 0.3) is 5.91 Å². The van der Waals surface area contributed by atoms with Gasteiger partial charge in [0, 0.05) is 29.1 Å². The largest absolute Gasteiger partial charge is 0.478 e. The SMILES string of the molecule is Cl.NCCC[C@H](N)CNC(=O)c1[nH]c2cc(-c3ccc(F)cc3)ccc2c1-c1ccc(C(=O)O)cc1. The molecule has 4 rings (SSSR count). The maximum absolute atomic E-state index is 13.4. The van der Waals surface area contributed by atoms with Crippen LogP contribution in [0.5, 0.6) is 0 Å². The van der Waals surface area contributed by atoms with Crippen LogP contribution >= 0.6 is 12.4 Å². The lowest BCUT2D eigenvalue weighted by Gasteiger charge is -2.12. The summed E-state index contributed by atoms with van der Waals surface area (Å²) in [5.74, 6) is -1.65. The maximum Gasteiger partial charge on any atom is 0.335 e. The van der Waals surface area contributed by atoms with Crippen molar-refractivity contribution >= 4 is 35.2 Å². The smallest absolute Gasteiger partial charge is 0.335 e. The lowest BCUT2D eigenvalue weighted by Crippen LogP contribution is -2.37. The topological polar surface area (TPSA) is 134 Å². The second-order valence-electron chi connectivity index (χ2n) is 8.43. The number of carbonyl (C=O) groups is 2. The van der Waals surface area contributed by atoms with E-state index in [9.17, 15) is 19.1 Å². The van der Waals surface area contributed by atoms with E-state index in [-0.39, 0.29) is 35.7 Å². The van der Waals surface area contributed by atoms with Gasteiger partial charge in [-0.15, -0.1) is 12.4 Å². The Morgan fingerprint density at radius 1 is 0.972 bits per heavy atom. The molecule has 0 spiro atoms. The number of carbonyl (C=O) groups excluding carboxylic acids is 1. The summed E-state index contributed by atoms with van der Waals surface area (Å²) in [6.45, 7) is 0.836. The van der Waals surface area contributed by atoms with Gasteiger partial charge in [0.15, 0.2) is 0 Å². The number of carboxylic acid groups (broad SMARTS) is 1. The number of aromatic amines is 1. The molecule has 7 N–H and O–H groups in total. The third-order valence-corrected chi connectivity index (χ3v) is 5.93. The summed E-state index contributed by atoms with van der Waals surface area (Å²) >= 11 is 0. The quantitative estimate of drug-likeness (QED) is 0.225. The van der Waals surface area contributed by atoms with Gasteiger partial charge < -0.3 is 26.9 Å². The molecular formula is C27H28ClFN4O3. The molecule has 0 aliphatic carbocycles. The fourth-order valence-electron chi connectivity index (χ4n) is 4.06. The summed E-state index contributed by atoms with van der Waals surface area (Å²) in [6.07, 6.45) is 1.48. The molecule has 1 atom stereocenters. The van der Waals surface area contributed by atoms with Crippen LogP contribution < -0.4 is 16.8 Å². The zero-order valence-electron chi connectivity index (χ0n) is 19.5. The van der Waals surface area contributed by atoms with Gasteiger partial charge in [0.2, 0.25) is 0 Å². The molecule has 0 aliphatic heterocycles. The second-order valence-corrected chi connectivity index (χ2v) is 8.43. The van der Waals surface area contributed by atoms with Crippen molar-refractivity contribution in [3.63, 3.8) is 0 Å². The fraction of sp³-hybridized carbons (Fsp3) is 0.185. The molecule has 188 valence electrons. The standard InChI is InChI=1S/C27H27FN4O3.ClH/c28-20-10-7-16(8-11-20)19-9-12-22-23(14-19)32-25(26(33)31-15-21(30)2-1-13-29)24(22)17-3-5-18(6-4-17)27(34)35;/h3-12,14,21,32H,1-2,13,15,29-30H2,(H,31,33)(H,34,35);1H/t21-;/m0./s1. The Hall–Kier alpha value is -3.72. The first-order valence-corrected chi connectivity index (χ1v) is 11.4. The number of rotatable bonds is 9. The van der Waals surface area contributed by atoms with Gasteiger partial charge in [-0.2, -0.15) is 0 Å². The summed E-state index contributed by atoms with van der Waals surface area (Å²) in [6, 6.07) is 18.1. The van der Waals surface area contributed by atoms with Crippen molar-refractivity contribution in [3.05, 3.63) is 83.8 Å². The average molecular weight is 511 g/mol. The number of H-pyrrole nitrogens is 1. The number of nitrogens with one attached hydrogen (secondary N) is 2. The number of nitrogens with two attached hydrogens (primary N) is 2. The Morgan fingerprint density at radius 2 is 1.61 bits per heavy atom. The highest BCUT2D eigenvalue weighted by Gasteiger charge is 2.20. The van der Waals surface area contributed by atoms with Crippen LogP contribution in [-0.4, -0.2) is 41.1 Å². The average Bonchev–Trinajstić information content (AvgIpc) is 3.25. The number of hydrogen-bond donors (Lipinski definition) is 5. The summed E-state index contributed by atoms with van der Waals surface area (Å²) in [4.78, 5) is 27.7. The van der Waals surface area contributed by atoms with E-state index in [0.29, 0.717) is 36.3 Å². The van der Waals surface area contributed by atoms with E-state index >= 15 is 0 Å². The first kappa shape index (κ1) is 26.9. The van der Waals surface area contributed by atoms with Crippen molar-refractivity contribution < 1.29 is 19.1 Å². The molecule has 3 aromatic carbocycles. The number of amides is 1. The minimum Gasteiger partial charge on any atom is -0.478 e. The van der Waals surface area contributed by atoms with E-state index in [4.69, 9.17) is 11.5 Å². The number of aromatic carboxylic acids is 1. The molecule has 4 aromatic rings. The molecule has 1 aromatic heterocycles. The predicted octanol–water partition coefficient (Wildman–Crippen LogP) is 4.56. The van der Waals surface area contributed by atoms with Gasteiger partial charge >= 0.3 is 5.97 Å². The molecule has 0 aliphatic rings. The molecule has 0 saturated carbocycles. The summed E-state index contributed by atoms with van der Waals surface area (Å²) in [5.41, 5.74) is 15.9. The Bertz CT molecular complexity index is 1350. The van der Waals surface area contributed by atoms with Gasteiger partial charge in [-0.25, -0.2) is 9.18 Å². The molecule has 0 radical (unpaired) electrons. The number of benzene rings is 3. The zero-order chi connectivity index (χ0) is 24.9. The number of aromatic nitrogens is 1. The molecule has 9 heteroatoms. The van der Waals surface area contributed by atoms with Gasteiger partial charge in [0.05, 0.1) is 5.56 Å². The van der Waals surface area contributed by atoms with Crippen molar-refractivity contribution in [1.29, 1.82) is 0 Å². The summed E-state index contributed by atoms with van der Waals surface area (Å²) in [5, 5.41) is 12.9. The molecule has 36 heavy (non-hydrogen) atoms. The van der Waals surface area contributed by atoms with Crippen molar-refractivity contribution in [1.82, 2.24) is 10.3 Å². The first-order chi connectivity index (χ1) is 16.9. The Kier molecular flexibility index (Phi) is 8.82. The highest BCUT2D eigenvalue weighted by Crippen LogP contribution is 2.35. The van der Waals surface area contributed by atoms with Crippen molar-refractivity contribution in [2.45, 2.75) is 18.9 Å². The Balaban J connectivity index is 0.00000361. The number of carboxylic acids is 1. The lowest BCUT2D eigenvalue weighted by molar-refractivity contribution is 0.0696. The van der Waals surface area contributed by atoms with Gasteiger partial charge in [-0.1, -0.05) is 36.4 Å². The molecule has 0 fully saturated rings. The van der Waals surface area contributed by atoms with E-state index < -0.39 is 5.97 Å². The number of fused-ring (bicyclic) bond motifs is 1. The second kappa shape index (κ2) is 11.8. The van der Waals surface area contributed by atoms with Crippen LogP contribution in [0.1, 0.15) is 33.7 Å². The van der Waals surface area contributed by atoms with Crippen LogP contribution in [0.25, 0.3) is 33.2 Å². The lowest BCUT2D eigenvalue weighted by atomic mass is 9.98. The van der Waals surface area contributed by atoms with Crippen LogP contribution in [0.3, 0.4) is 0 Å². The molecule has 7 nitrogen and oxygen atoms in total. The van der Waals surface area contributed by atoms with Crippen molar-refractivity contribution in [2.75, 3.05) is 13.1 Å². The molecule has 1 heterocycles. The van der Waals surface area contributed by atoms with Crippen LogP contribution in [0.15, 0.2) is 66.7 Å². The van der Waals surface area contributed by atoms with E-state index in [0.717, 1.165) is 28.5 Å². The fourth-order valence-corrected chi connectivity index (χ4v) is 4.06. The van der Waals surface area contributed by atoms with Gasteiger partial charge in [-0.3, -0.25) is 4.79 Å². The monoisotopic (exact) mass is 510 g/mol.